The molecular weight excluding hydrogens is 372 g/mol. The minimum atomic E-state index is -0.276. The Hall–Kier alpha value is -3.06. The van der Waals surface area contributed by atoms with E-state index in [4.69, 9.17) is 0 Å². The summed E-state index contributed by atoms with van der Waals surface area (Å²) in [6.07, 6.45) is 4.37. The van der Waals surface area contributed by atoms with Crippen molar-refractivity contribution in [3.63, 3.8) is 0 Å². The van der Waals surface area contributed by atoms with Gasteiger partial charge >= 0.3 is 0 Å². The van der Waals surface area contributed by atoms with E-state index in [-0.39, 0.29) is 18.0 Å². The molecule has 2 aromatic carbocycles. The summed E-state index contributed by atoms with van der Waals surface area (Å²) in [5, 5.41) is 7.99. The van der Waals surface area contributed by atoms with Crippen molar-refractivity contribution in [3.05, 3.63) is 76.8 Å². The molecule has 0 fully saturated rings. The molecular formula is C21H20N4O2S. The maximum atomic E-state index is 12.7. The maximum absolute atomic E-state index is 12.7. The Morgan fingerprint density at radius 2 is 1.89 bits per heavy atom. The van der Waals surface area contributed by atoms with Crippen molar-refractivity contribution in [1.29, 1.82) is 0 Å². The van der Waals surface area contributed by atoms with Crippen LogP contribution in [0.25, 0.3) is 16.4 Å². The molecule has 0 aliphatic rings. The summed E-state index contributed by atoms with van der Waals surface area (Å²) in [6.45, 7) is 0.422. The van der Waals surface area contributed by atoms with Crippen LogP contribution < -0.4 is 10.9 Å². The number of fused-ring (bicyclic) bond motifs is 3. The highest BCUT2D eigenvalue weighted by Crippen LogP contribution is 2.17. The summed E-state index contributed by atoms with van der Waals surface area (Å²) in [5.74, 6) is -0.226. The fourth-order valence-corrected chi connectivity index (χ4v) is 3.61. The Bertz CT molecular complexity index is 1190. The van der Waals surface area contributed by atoms with Crippen LogP contribution in [0.3, 0.4) is 0 Å². The number of benzene rings is 2. The number of carbonyl (C=O) groups is 1. The van der Waals surface area contributed by atoms with Gasteiger partial charge in [-0.05, 0) is 42.5 Å². The van der Waals surface area contributed by atoms with E-state index in [0.29, 0.717) is 12.1 Å². The Labute approximate surface area is 166 Å². The summed E-state index contributed by atoms with van der Waals surface area (Å²) in [5.41, 5.74) is 2.32. The first-order valence-corrected chi connectivity index (χ1v) is 10.2. The van der Waals surface area contributed by atoms with Crippen LogP contribution in [0, 0.1) is 0 Å². The largest absolute Gasteiger partial charge is 0.354 e. The molecule has 0 spiro atoms. The van der Waals surface area contributed by atoms with Crippen molar-refractivity contribution in [2.24, 2.45) is 0 Å². The second-order valence-electron chi connectivity index (χ2n) is 6.50. The fourth-order valence-electron chi connectivity index (χ4n) is 3.21. The number of amides is 1. The van der Waals surface area contributed by atoms with E-state index in [2.05, 4.69) is 34.7 Å². The number of carbonyl (C=O) groups excluding carboxylic acids is 1. The Morgan fingerprint density at radius 1 is 1.11 bits per heavy atom. The quantitative estimate of drug-likeness (QED) is 0.513. The predicted molar refractivity (Wildman–Crippen MR) is 112 cm³/mol. The fraction of sp³-hybridized carbons (Fsp3) is 0.190. The van der Waals surface area contributed by atoms with E-state index < -0.39 is 0 Å². The number of hydrogen-bond donors (Lipinski definition) is 1. The number of hydrogen-bond acceptors (Lipinski definition) is 4. The highest BCUT2D eigenvalue weighted by molar-refractivity contribution is 7.98. The monoisotopic (exact) mass is 392 g/mol. The zero-order valence-corrected chi connectivity index (χ0v) is 16.3. The normalized spacial score (nSPS) is 11.2. The molecule has 0 unspecified atom stereocenters. The molecule has 4 rings (SSSR count). The molecule has 0 aliphatic heterocycles. The number of rotatable bonds is 6. The summed E-state index contributed by atoms with van der Waals surface area (Å²) in [6, 6.07) is 17.8. The molecule has 1 N–H and O–H groups in total. The smallest absolute Gasteiger partial charge is 0.291 e. The van der Waals surface area contributed by atoms with Crippen LogP contribution in [0.1, 0.15) is 5.56 Å². The lowest BCUT2D eigenvalue weighted by Crippen LogP contribution is -2.35. The second kappa shape index (κ2) is 7.90. The van der Waals surface area contributed by atoms with Gasteiger partial charge in [0.2, 0.25) is 5.91 Å². The van der Waals surface area contributed by atoms with Gasteiger partial charge in [-0.2, -0.15) is 5.10 Å². The number of para-hydroxylation sites is 1. The third-order valence-electron chi connectivity index (χ3n) is 4.70. The van der Waals surface area contributed by atoms with Crippen LogP contribution in [0.5, 0.6) is 0 Å². The third-order valence-corrected chi connectivity index (χ3v) is 5.44. The van der Waals surface area contributed by atoms with Gasteiger partial charge in [0, 0.05) is 16.8 Å². The number of aromatic nitrogens is 3. The summed E-state index contributed by atoms with van der Waals surface area (Å²) in [7, 11) is 0. The van der Waals surface area contributed by atoms with Gasteiger partial charge < -0.3 is 5.32 Å². The van der Waals surface area contributed by atoms with E-state index >= 15 is 0 Å². The zero-order chi connectivity index (χ0) is 19.5. The van der Waals surface area contributed by atoms with Crippen LogP contribution in [-0.2, 0) is 17.8 Å². The lowest BCUT2D eigenvalue weighted by atomic mass is 10.1. The van der Waals surface area contributed by atoms with Crippen molar-refractivity contribution in [2.45, 2.75) is 17.9 Å². The molecule has 0 aliphatic carbocycles. The molecule has 0 saturated heterocycles. The minimum absolute atomic E-state index is 0.0950. The van der Waals surface area contributed by atoms with Gasteiger partial charge in [-0.25, -0.2) is 4.68 Å². The first kappa shape index (κ1) is 18.3. The molecule has 2 heterocycles. The summed E-state index contributed by atoms with van der Waals surface area (Å²) in [4.78, 5) is 26.1. The van der Waals surface area contributed by atoms with Gasteiger partial charge in [-0.1, -0.05) is 30.3 Å². The van der Waals surface area contributed by atoms with Crippen molar-refractivity contribution < 1.29 is 4.79 Å². The van der Waals surface area contributed by atoms with E-state index in [0.717, 1.165) is 22.9 Å². The average Bonchev–Trinajstić information content (AvgIpc) is 3.10. The van der Waals surface area contributed by atoms with Crippen LogP contribution >= 0.6 is 11.8 Å². The topological polar surface area (TPSA) is 68.4 Å². The number of thioether (sulfide) groups is 1. The van der Waals surface area contributed by atoms with Crippen LogP contribution in [0.2, 0.25) is 0 Å². The van der Waals surface area contributed by atoms with Crippen molar-refractivity contribution >= 4 is 34.1 Å². The Kier molecular flexibility index (Phi) is 5.16. The molecule has 0 bridgehead atoms. The highest BCUT2D eigenvalue weighted by atomic mass is 32.2. The lowest BCUT2D eigenvalue weighted by molar-refractivity contribution is -0.121. The molecule has 4 aromatic rings. The molecule has 0 saturated carbocycles. The van der Waals surface area contributed by atoms with Crippen molar-refractivity contribution in [3.8, 4) is 0 Å². The highest BCUT2D eigenvalue weighted by Gasteiger charge is 2.11. The molecule has 0 atom stereocenters. The van der Waals surface area contributed by atoms with Gasteiger partial charge in [0.05, 0.1) is 5.52 Å². The average molecular weight is 392 g/mol. The zero-order valence-electron chi connectivity index (χ0n) is 15.5. The minimum Gasteiger partial charge on any atom is -0.354 e. The van der Waals surface area contributed by atoms with Crippen LogP contribution in [-0.4, -0.2) is 32.9 Å². The molecule has 1 amide bonds. The van der Waals surface area contributed by atoms with Gasteiger partial charge in [0.15, 0.2) is 0 Å². The second-order valence-corrected chi connectivity index (χ2v) is 7.38. The number of nitrogens with zero attached hydrogens (tertiary/aromatic N) is 3. The van der Waals surface area contributed by atoms with Crippen LogP contribution in [0.4, 0.5) is 0 Å². The molecule has 7 heteroatoms. The Morgan fingerprint density at radius 3 is 2.68 bits per heavy atom. The van der Waals surface area contributed by atoms with Crippen molar-refractivity contribution in [2.75, 3.05) is 12.8 Å². The lowest BCUT2D eigenvalue weighted by Gasteiger charge is -2.08. The van der Waals surface area contributed by atoms with Gasteiger partial charge in [-0.3, -0.25) is 14.0 Å². The molecule has 28 heavy (non-hydrogen) atoms. The van der Waals surface area contributed by atoms with Gasteiger partial charge in [-0.15, -0.1) is 11.8 Å². The SMILES string of the molecule is CSc1ccc(CCNC(=O)Cn2ncn3c(cc4ccccc43)c2=O)cc1. The van der Waals surface area contributed by atoms with Crippen molar-refractivity contribution in [1.82, 2.24) is 19.5 Å². The van der Waals surface area contributed by atoms with E-state index in [1.165, 1.54) is 9.58 Å². The summed E-state index contributed by atoms with van der Waals surface area (Å²) >= 11 is 1.70. The summed E-state index contributed by atoms with van der Waals surface area (Å²) < 4.78 is 2.96. The van der Waals surface area contributed by atoms with E-state index in [9.17, 15) is 9.59 Å². The first-order chi connectivity index (χ1) is 13.7. The maximum Gasteiger partial charge on any atom is 0.291 e. The van der Waals surface area contributed by atoms with Gasteiger partial charge in [0.1, 0.15) is 18.4 Å². The van der Waals surface area contributed by atoms with E-state index in [1.807, 2.05) is 36.6 Å². The van der Waals surface area contributed by atoms with Gasteiger partial charge in [0.25, 0.3) is 5.56 Å². The Balaban J connectivity index is 1.42. The molecule has 142 valence electrons. The van der Waals surface area contributed by atoms with Crippen LogP contribution in [0.15, 0.2) is 70.6 Å². The molecule has 0 radical (unpaired) electrons. The molecule has 6 nitrogen and oxygen atoms in total. The predicted octanol–water partition coefficient (Wildman–Crippen LogP) is 2.73. The standard InChI is InChI=1S/C21H20N4O2S/c1-28-17-8-6-15(7-9-17)10-11-22-20(26)13-25-21(27)19-12-16-4-2-3-5-18(16)24(19)14-23-25/h2-9,12,14H,10-11,13H2,1H3,(H,22,26). The molecule has 2 aromatic heterocycles. The number of nitrogens with one attached hydrogen (secondary N) is 1. The third kappa shape index (κ3) is 3.66. The first-order valence-electron chi connectivity index (χ1n) is 9.01. The van der Waals surface area contributed by atoms with E-state index in [1.54, 1.807) is 22.5 Å².